The molecule has 1 N–H and O–H groups in total. The molecular formula is C16H21FN2O4. The van der Waals surface area contributed by atoms with E-state index in [1.807, 2.05) is 0 Å². The van der Waals surface area contributed by atoms with Crippen LogP contribution in [0.2, 0.25) is 0 Å². The first-order chi connectivity index (χ1) is 10.6. The summed E-state index contributed by atoms with van der Waals surface area (Å²) in [5.41, 5.74) is -0.365. The predicted octanol–water partition coefficient (Wildman–Crippen LogP) is 2.46. The van der Waals surface area contributed by atoms with Gasteiger partial charge in [-0.25, -0.2) is 9.18 Å². The minimum atomic E-state index is -0.940. The summed E-state index contributed by atoms with van der Waals surface area (Å²) in [7, 11) is 1.51. The van der Waals surface area contributed by atoms with E-state index < -0.39 is 35.6 Å². The number of likely N-dealkylation sites (N-methyl/N-ethyl adjacent to an activating group) is 1. The van der Waals surface area contributed by atoms with E-state index in [9.17, 15) is 14.0 Å². The molecule has 7 heteroatoms. The van der Waals surface area contributed by atoms with Crippen molar-refractivity contribution in [2.45, 2.75) is 45.4 Å². The van der Waals surface area contributed by atoms with E-state index >= 15 is 0 Å². The molecule has 0 radical (unpaired) electrons. The van der Waals surface area contributed by atoms with Gasteiger partial charge in [0.15, 0.2) is 0 Å². The summed E-state index contributed by atoms with van der Waals surface area (Å²) in [6.07, 6.45) is -1.35. The molecule has 1 aromatic carbocycles. The lowest BCUT2D eigenvalue weighted by molar-refractivity contribution is -0.121. The van der Waals surface area contributed by atoms with Gasteiger partial charge in [0.05, 0.1) is 5.69 Å². The van der Waals surface area contributed by atoms with Crippen molar-refractivity contribution in [1.29, 1.82) is 0 Å². The summed E-state index contributed by atoms with van der Waals surface area (Å²) in [4.78, 5) is 25.8. The Morgan fingerprint density at radius 3 is 2.65 bits per heavy atom. The fourth-order valence-corrected chi connectivity index (χ4v) is 2.26. The maximum Gasteiger partial charge on any atom is 0.408 e. The first-order valence-electron chi connectivity index (χ1n) is 7.32. The van der Waals surface area contributed by atoms with Crippen molar-refractivity contribution < 1.29 is 23.5 Å². The summed E-state index contributed by atoms with van der Waals surface area (Å²) >= 11 is 0. The van der Waals surface area contributed by atoms with E-state index in [1.165, 1.54) is 30.1 Å². The number of carbonyl (C=O) groups is 2. The Kier molecular flexibility index (Phi) is 4.49. The Morgan fingerprint density at radius 1 is 1.39 bits per heavy atom. The monoisotopic (exact) mass is 324 g/mol. The Balaban J connectivity index is 2.24. The standard InChI is InChI=1S/C16H21FN2O4/c1-9-13(18-15(21)23-16(2,3)4)14(20)19(5)11-8-10(17)6-7-12(11)22-9/h6-9,13H,1-5H3,(H,18,21)/t9-,13+/m1/s1. The largest absolute Gasteiger partial charge is 0.486 e. The smallest absolute Gasteiger partial charge is 0.408 e. The quantitative estimate of drug-likeness (QED) is 0.862. The first-order valence-corrected chi connectivity index (χ1v) is 7.32. The number of halogens is 1. The molecule has 0 fully saturated rings. The lowest BCUT2D eigenvalue weighted by Crippen LogP contribution is -2.54. The predicted molar refractivity (Wildman–Crippen MR) is 83.1 cm³/mol. The number of ether oxygens (including phenoxy) is 2. The summed E-state index contributed by atoms with van der Waals surface area (Å²) in [6.45, 7) is 6.84. The number of amides is 2. The molecule has 2 rings (SSSR count). The molecule has 0 spiro atoms. The van der Waals surface area contributed by atoms with Crippen molar-refractivity contribution in [2.24, 2.45) is 0 Å². The summed E-state index contributed by atoms with van der Waals surface area (Å²) < 4.78 is 24.3. The molecule has 0 unspecified atom stereocenters. The number of hydrogen-bond donors (Lipinski definition) is 1. The summed E-state index contributed by atoms with van der Waals surface area (Å²) in [5.74, 6) is -0.505. The SMILES string of the molecule is C[C@H]1Oc2ccc(F)cc2N(C)C(=O)[C@H]1NC(=O)OC(C)(C)C. The van der Waals surface area contributed by atoms with Crippen LogP contribution < -0.4 is 15.0 Å². The second-order valence-corrected chi connectivity index (χ2v) is 6.46. The maximum atomic E-state index is 13.4. The highest BCUT2D eigenvalue weighted by Crippen LogP contribution is 2.33. The second kappa shape index (κ2) is 6.06. The average molecular weight is 324 g/mol. The maximum absolute atomic E-state index is 13.4. The molecule has 0 aliphatic carbocycles. The Bertz CT molecular complexity index is 627. The van der Waals surface area contributed by atoms with E-state index in [4.69, 9.17) is 9.47 Å². The Morgan fingerprint density at radius 2 is 2.04 bits per heavy atom. The van der Waals surface area contributed by atoms with Crippen molar-refractivity contribution in [3.63, 3.8) is 0 Å². The zero-order valence-corrected chi connectivity index (χ0v) is 13.8. The molecule has 1 heterocycles. The topological polar surface area (TPSA) is 67.9 Å². The fraction of sp³-hybridized carbons (Fsp3) is 0.500. The zero-order valence-electron chi connectivity index (χ0n) is 13.8. The van der Waals surface area contributed by atoms with Gasteiger partial charge in [-0.15, -0.1) is 0 Å². The normalized spacial score (nSPS) is 21.1. The number of benzene rings is 1. The van der Waals surface area contributed by atoms with Crippen LogP contribution in [-0.2, 0) is 9.53 Å². The third-order valence-electron chi connectivity index (χ3n) is 3.33. The third kappa shape index (κ3) is 3.91. The lowest BCUT2D eigenvalue weighted by Gasteiger charge is -2.26. The molecule has 0 bridgehead atoms. The number of hydrogen-bond acceptors (Lipinski definition) is 4. The molecule has 0 saturated carbocycles. The van der Waals surface area contributed by atoms with Crippen LogP contribution in [0.5, 0.6) is 5.75 Å². The van der Waals surface area contributed by atoms with Gasteiger partial charge < -0.3 is 19.7 Å². The van der Waals surface area contributed by atoms with E-state index in [-0.39, 0.29) is 0 Å². The minimum absolute atomic E-state index is 0.315. The van der Waals surface area contributed by atoms with Gasteiger partial charge in [0, 0.05) is 13.1 Å². The molecule has 0 aromatic heterocycles. The van der Waals surface area contributed by atoms with Crippen LogP contribution in [0, 0.1) is 5.82 Å². The van der Waals surface area contributed by atoms with Gasteiger partial charge >= 0.3 is 6.09 Å². The number of fused-ring (bicyclic) bond motifs is 1. The van der Waals surface area contributed by atoms with Crippen molar-refractivity contribution in [3.8, 4) is 5.75 Å². The summed E-state index contributed by atoms with van der Waals surface area (Å²) in [6, 6.07) is 2.99. The van der Waals surface area contributed by atoms with E-state index in [0.717, 1.165) is 0 Å². The van der Waals surface area contributed by atoms with Crippen LogP contribution >= 0.6 is 0 Å². The zero-order chi connectivity index (χ0) is 17.4. The fourth-order valence-electron chi connectivity index (χ4n) is 2.26. The molecule has 2 atom stereocenters. The number of carbonyl (C=O) groups excluding carboxylic acids is 2. The molecule has 2 amide bonds. The molecule has 23 heavy (non-hydrogen) atoms. The van der Waals surface area contributed by atoms with E-state index in [0.29, 0.717) is 11.4 Å². The number of nitrogens with zero attached hydrogens (tertiary/aromatic N) is 1. The number of anilines is 1. The molecule has 6 nitrogen and oxygen atoms in total. The van der Waals surface area contributed by atoms with Gasteiger partial charge in [-0.3, -0.25) is 4.79 Å². The van der Waals surface area contributed by atoms with Gasteiger partial charge in [0.2, 0.25) is 0 Å². The highest BCUT2D eigenvalue weighted by atomic mass is 19.1. The molecule has 126 valence electrons. The molecule has 0 saturated heterocycles. The van der Waals surface area contributed by atoms with Gasteiger partial charge in [0.1, 0.15) is 29.3 Å². The highest BCUT2D eigenvalue weighted by molar-refractivity contribution is 6.00. The molecule has 1 aliphatic rings. The number of nitrogens with one attached hydrogen (secondary N) is 1. The Labute approximate surface area is 134 Å². The van der Waals surface area contributed by atoms with Gasteiger partial charge in [0.25, 0.3) is 5.91 Å². The average Bonchev–Trinajstić information content (AvgIpc) is 2.49. The van der Waals surface area contributed by atoms with Crippen molar-refractivity contribution in [2.75, 3.05) is 11.9 Å². The Hall–Kier alpha value is -2.31. The highest BCUT2D eigenvalue weighted by Gasteiger charge is 2.36. The minimum Gasteiger partial charge on any atom is -0.486 e. The van der Waals surface area contributed by atoms with Crippen LogP contribution in [-0.4, -0.2) is 36.8 Å². The van der Waals surface area contributed by atoms with Crippen LogP contribution in [0.3, 0.4) is 0 Å². The third-order valence-corrected chi connectivity index (χ3v) is 3.33. The van der Waals surface area contributed by atoms with E-state index in [2.05, 4.69) is 5.32 Å². The second-order valence-electron chi connectivity index (χ2n) is 6.46. The van der Waals surface area contributed by atoms with Crippen LogP contribution in [0.15, 0.2) is 18.2 Å². The first kappa shape index (κ1) is 17.1. The van der Waals surface area contributed by atoms with Gasteiger partial charge in [-0.1, -0.05) is 0 Å². The van der Waals surface area contributed by atoms with Crippen molar-refractivity contribution >= 4 is 17.7 Å². The van der Waals surface area contributed by atoms with E-state index in [1.54, 1.807) is 27.7 Å². The molecular weight excluding hydrogens is 303 g/mol. The lowest BCUT2D eigenvalue weighted by atomic mass is 10.1. The molecule has 1 aliphatic heterocycles. The number of alkyl carbamates (subject to hydrolysis) is 1. The van der Waals surface area contributed by atoms with Gasteiger partial charge in [-0.2, -0.15) is 0 Å². The molecule has 1 aromatic rings. The van der Waals surface area contributed by atoms with Crippen LogP contribution in [0.25, 0.3) is 0 Å². The van der Waals surface area contributed by atoms with Crippen LogP contribution in [0.4, 0.5) is 14.9 Å². The van der Waals surface area contributed by atoms with Crippen molar-refractivity contribution in [1.82, 2.24) is 5.32 Å². The van der Waals surface area contributed by atoms with Crippen LogP contribution in [0.1, 0.15) is 27.7 Å². The van der Waals surface area contributed by atoms with Gasteiger partial charge in [-0.05, 0) is 39.8 Å². The number of rotatable bonds is 1. The summed E-state index contributed by atoms with van der Waals surface area (Å²) in [5, 5.41) is 2.52. The van der Waals surface area contributed by atoms with Crippen molar-refractivity contribution in [3.05, 3.63) is 24.0 Å².